The Kier molecular flexibility index (Phi) is 4.98. The highest BCUT2D eigenvalue weighted by Gasteiger charge is 2.17. The number of hydrogen-bond acceptors (Lipinski definition) is 2. The Hall–Kier alpha value is -0.450. The molecule has 0 saturated heterocycles. The van der Waals surface area contributed by atoms with E-state index in [1.54, 1.807) is 6.07 Å². The number of benzene rings is 1. The average molecular weight is 321 g/mol. The molecule has 6 heteroatoms. The van der Waals surface area contributed by atoms with Crippen molar-refractivity contribution >= 4 is 46.0 Å². The quantitative estimate of drug-likeness (QED) is 0.730. The van der Waals surface area contributed by atoms with Gasteiger partial charge >= 0.3 is 0 Å². The van der Waals surface area contributed by atoms with Gasteiger partial charge in [0.25, 0.3) is 0 Å². The number of alkyl halides is 1. The Labute approximate surface area is 126 Å². The summed E-state index contributed by atoms with van der Waals surface area (Å²) >= 11 is 13.7. The van der Waals surface area contributed by atoms with Crippen molar-refractivity contribution in [3.05, 3.63) is 28.8 Å². The zero-order valence-electron chi connectivity index (χ0n) is 10.8. The second-order valence-corrected chi connectivity index (χ2v) is 6.29. The lowest BCUT2D eigenvalue weighted by molar-refractivity contribution is 0.605. The molecule has 1 unspecified atom stereocenters. The van der Waals surface area contributed by atoms with Crippen LogP contribution in [0.4, 0.5) is 4.39 Å². The van der Waals surface area contributed by atoms with Gasteiger partial charge in [0.1, 0.15) is 11.6 Å². The molecular formula is C13H15Cl2FN2S. The maximum Gasteiger partial charge on any atom is 0.144 e. The van der Waals surface area contributed by atoms with E-state index in [-0.39, 0.29) is 11.1 Å². The van der Waals surface area contributed by atoms with E-state index in [0.717, 1.165) is 22.8 Å². The molecule has 0 aliphatic heterocycles. The van der Waals surface area contributed by atoms with Gasteiger partial charge in [0.05, 0.1) is 21.9 Å². The van der Waals surface area contributed by atoms with Crippen molar-refractivity contribution in [1.82, 2.24) is 9.55 Å². The van der Waals surface area contributed by atoms with Crippen molar-refractivity contribution in [3.8, 4) is 0 Å². The SMILES string of the molecule is CCSCC(C)n1c(CCl)nc2cc(F)c(Cl)cc21. The summed E-state index contributed by atoms with van der Waals surface area (Å²) in [5.74, 6) is 2.62. The molecule has 1 heterocycles. The Morgan fingerprint density at radius 1 is 1.47 bits per heavy atom. The lowest BCUT2D eigenvalue weighted by atomic mass is 10.3. The van der Waals surface area contributed by atoms with Crippen molar-refractivity contribution in [2.75, 3.05) is 11.5 Å². The van der Waals surface area contributed by atoms with Crippen molar-refractivity contribution < 1.29 is 4.39 Å². The summed E-state index contributed by atoms with van der Waals surface area (Å²) in [6.07, 6.45) is 0. The van der Waals surface area contributed by atoms with Gasteiger partial charge in [-0.25, -0.2) is 9.37 Å². The predicted molar refractivity (Wildman–Crippen MR) is 82.0 cm³/mol. The molecule has 0 bridgehead atoms. The van der Waals surface area contributed by atoms with Gasteiger partial charge in [-0.3, -0.25) is 0 Å². The molecule has 0 radical (unpaired) electrons. The van der Waals surface area contributed by atoms with Gasteiger partial charge in [0, 0.05) is 17.9 Å². The van der Waals surface area contributed by atoms with Crippen molar-refractivity contribution in [2.45, 2.75) is 25.8 Å². The highest BCUT2D eigenvalue weighted by Crippen LogP contribution is 2.28. The summed E-state index contributed by atoms with van der Waals surface area (Å²) in [6.45, 7) is 4.23. The van der Waals surface area contributed by atoms with Gasteiger partial charge in [0.15, 0.2) is 0 Å². The van der Waals surface area contributed by atoms with Gasteiger partial charge in [-0.15, -0.1) is 11.6 Å². The van der Waals surface area contributed by atoms with Crippen LogP contribution in [-0.4, -0.2) is 21.1 Å². The molecule has 0 aliphatic rings. The van der Waals surface area contributed by atoms with Crippen LogP contribution in [0.3, 0.4) is 0 Å². The molecule has 19 heavy (non-hydrogen) atoms. The van der Waals surface area contributed by atoms with Gasteiger partial charge in [0.2, 0.25) is 0 Å². The molecule has 2 aromatic rings. The monoisotopic (exact) mass is 320 g/mol. The highest BCUT2D eigenvalue weighted by molar-refractivity contribution is 7.99. The van der Waals surface area contributed by atoms with Crippen LogP contribution >= 0.6 is 35.0 Å². The highest BCUT2D eigenvalue weighted by atomic mass is 35.5. The summed E-state index contributed by atoms with van der Waals surface area (Å²) in [5.41, 5.74) is 1.44. The van der Waals surface area contributed by atoms with Gasteiger partial charge < -0.3 is 4.57 Å². The molecule has 2 nitrogen and oxygen atoms in total. The maximum atomic E-state index is 13.5. The summed E-state index contributed by atoms with van der Waals surface area (Å²) < 4.78 is 15.5. The molecule has 104 valence electrons. The van der Waals surface area contributed by atoms with Gasteiger partial charge in [-0.2, -0.15) is 11.8 Å². The van der Waals surface area contributed by atoms with Gasteiger partial charge in [-0.1, -0.05) is 18.5 Å². The Bertz CT molecular complexity index is 586. The third-order valence-corrected chi connectivity index (χ3v) is 4.58. The first-order valence-electron chi connectivity index (χ1n) is 6.08. The number of halogens is 3. The topological polar surface area (TPSA) is 17.8 Å². The predicted octanol–water partition coefficient (Wildman–Crippen LogP) is 4.88. The summed E-state index contributed by atoms with van der Waals surface area (Å²) in [7, 11) is 0. The van der Waals surface area contributed by atoms with Crippen molar-refractivity contribution in [3.63, 3.8) is 0 Å². The van der Waals surface area contributed by atoms with E-state index in [0.29, 0.717) is 11.4 Å². The lowest BCUT2D eigenvalue weighted by Gasteiger charge is -2.16. The standard InChI is InChI=1S/C13H15Cl2FN2S/c1-3-19-7-8(2)18-12-4-9(15)10(16)5-11(12)17-13(18)6-14/h4-5,8H,3,6-7H2,1-2H3. The Balaban J connectivity index is 2.53. The fourth-order valence-corrected chi connectivity index (χ4v) is 3.16. The number of nitrogens with zero attached hydrogens (tertiary/aromatic N) is 2. The third kappa shape index (κ3) is 3.01. The Morgan fingerprint density at radius 3 is 2.84 bits per heavy atom. The molecule has 0 aliphatic carbocycles. The second-order valence-electron chi connectivity index (χ2n) is 4.30. The lowest BCUT2D eigenvalue weighted by Crippen LogP contribution is -2.11. The first kappa shape index (κ1) is 14.9. The van der Waals surface area contributed by atoms with Crippen LogP contribution in [0.15, 0.2) is 12.1 Å². The molecule has 0 fully saturated rings. The smallest absolute Gasteiger partial charge is 0.144 e. The van der Waals surface area contributed by atoms with Crippen LogP contribution in [0.2, 0.25) is 5.02 Å². The molecule has 0 spiro atoms. The van der Waals surface area contributed by atoms with Crippen molar-refractivity contribution in [1.29, 1.82) is 0 Å². The molecule has 1 aromatic heterocycles. The van der Waals surface area contributed by atoms with E-state index in [1.807, 2.05) is 11.8 Å². The number of fused-ring (bicyclic) bond motifs is 1. The first-order chi connectivity index (χ1) is 9.08. The average Bonchev–Trinajstić information content (AvgIpc) is 2.74. The summed E-state index contributed by atoms with van der Waals surface area (Å²) in [5, 5.41) is 0.116. The minimum absolute atomic E-state index is 0.116. The fourth-order valence-electron chi connectivity index (χ4n) is 2.09. The molecule has 1 atom stereocenters. The van der Waals surface area contributed by atoms with E-state index in [2.05, 4.69) is 23.4 Å². The second kappa shape index (κ2) is 6.33. The molecule has 0 N–H and O–H groups in total. The zero-order valence-corrected chi connectivity index (χ0v) is 13.1. The summed E-state index contributed by atoms with van der Waals surface area (Å²) in [6, 6.07) is 3.23. The third-order valence-electron chi connectivity index (χ3n) is 2.93. The molecular weight excluding hydrogens is 306 g/mol. The molecule has 0 saturated carbocycles. The van der Waals surface area contributed by atoms with Crippen LogP contribution in [0.25, 0.3) is 11.0 Å². The Morgan fingerprint density at radius 2 is 2.21 bits per heavy atom. The van der Waals surface area contributed by atoms with E-state index in [9.17, 15) is 4.39 Å². The van der Waals surface area contributed by atoms with Crippen LogP contribution in [0, 0.1) is 5.82 Å². The molecule has 1 aromatic carbocycles. The fraction of sp³-hybridized carbons (Fsp3) is 0.462. The summed E-state index contributed by atoms with van der Waals surface area (Å²) in [4.78, 5) is 4.39. The minimum atomic E-state index is -0.449. The van der Waals surface area contributed by atoms with Gasteiger partial charge in [-0.05, 0) is 18.7 Å². The molecule has 0 amide bonds. The van der Waals surface area contributed by atoms with E-state index < -0.39 is 5.82 Å². The maximum absolute atomic E-state index is 13.5. The normalized spacial score (nSPS) is 13.1. The van der Waals surface area contributed by atoms with Crippen LogP contribution in [-0.2, 0) is 5.88 Å². The minimum Gasteiger partial charge on any atom is -0.323 e. The van der Waals surface area contributed by atoms with Crippen LogP contribution in [0.5, 0.6) is 0 Å². The van der Waals surface area contributed by atoms with E-state index in [4.69, 9.17) is 23.2 Å². The zero-order chi connectivity index (χ0) is 14.0. The van der Waals surface area contributed by atoms with Crippen LogP contribution in [0.1, 0.15) is 25.7 Å². The number of aromatic nitrogens is 2. The van der Waals surface area contributed by atoms with Crippen LogP contribution < -0.4 is 0 Å². The number of thioether (sulfide) groups is 1. The number of imidazole rings is 1. The number of rotatable bonds is 5. The van der Waals surface area contributed by atoms with E-state index >= 15 is 0 Å². The first-order valence-corrected chi connectivity index (χ1v) is 8.14. The number of hydrogen-bond donors (Lipinski definition) is 0. The van der Waals surface area contributed by atoms with E-state index in [1.165, 1.54) is 6.07 Å². The van der Waals surface area contributed by atoms with Crippen molar-refractivity contribution in [2.24, 2.45) is 0 Å². The molecule has 2 rings (SSSR count). The largest absolute Gasteiger partial charge is 0.323 e.